The number of carbonyl (C=O) groups excluding carboxylic acids is 1. The zero-order chi connectivity index (χ0) is 25.0. The number of carbonyl (C=O) groups is 1. The molecule has 3 aromatic heterocycles. The third-order valence-electron chi connectivity index (χ3n) is 7.98. The molecule has 3 unspecified atom stereocenters. The lowest BCUT2D eigenvalue weighted by Gasteiger charge is -2.36. The molecule has 1 aliphatic carbocycles. The van der Waals surface area contributed by atoms with E-state index in [1.165, 1.54) is 17.4 Å². The van der Waals surface area contributed by atoms with Gasteiger partial charge in [0, 0.05) is 65.6 Å². The van der Waals surface area contributed by atoms with Crippen LogP contribution in [0.15, 0.2) is 18.2 Å². The third-order valence-corrected chi connectivity index (χ3v) is 9.10. The first-order valence-corrected chi connectivity index (χ1v) is 13.4. The van der Waals surface area contributed by atoms with E-state index in [0.29, 0.717) is 54.4 Å². The number of nitrogen functional groups attached to an aromatic ring is 1. The van der Waals surface area contributed by atoms with Crippen molar-refractivity contribution in [2.45, 2.75) is 51.1 Å². The Balaban J connectivity index is 1.17. The fraction of sp³-hybridized carbons (Fsp3) is 0.500. The monoisotopic (exact) mass is 510 g/mol. The summed E-state index contributed by atoms with van der Waals surface area (Å²) < 4.78 is 21.1. The fourth-order valence-corrected chi connectivity index (χ4v) is 6.95. The number of nitrogens with two attached hydrogens (primary N) is 2. The standard InChI is InChI=1S/C26H31FN6O2S/c1-14-3-5-16-22(29)23(36-25(16)30-14)24(34)31-15-4-6-19-17(9-15)18(27)10-21(32-19)33-11-20(28)26(12-33)7-2-8-35-13-26/h3,5,10,15,20H,2,4,6-9,11-13,28-29H2,1H3,(H,31,34). The summed E-state index contributed by atoms with van der Waals surface area (Å²) in [6.45, 7) is 4.73. The van der Waals surface area contributed by atoms with Gasteiger partial charge in [0.2, 0.25) is 0 Å². The molecule has 36 heavy (non-hydrogen) atoms. The Bertz CT molecular complexity index is 1340. The van der Waals surface area contributed by atoms with Gasteiger partial charge >= 0.3 is 0 Å². The van der Waals surface area contributed by atoms with Gasteiger partial charge in [0.05, 0.1) is 12.3 Å². The number of ether oxygens (including phenoxy) is 1. The molecule has 3 atom stereocenters. The van der Waals surface area contributed by atoms with Crippen molar-refractivity contribution in [3.8, 4) is 0 Å². The van der Waals surface area contributed by atoms with Crippen LogP contribution in [-0.4, -0.2) is 54.3 Å². The zero-order valence-electron chi connectivity index (χ0n) is 20.3. The van der Waals surface area contributed by atoms with Gasteiger partial charge in [-0.2, -0.15) is 0 Å². The molecule has 5 N–H and O–H groups in total. The molecule has 8 nitrogen and oxygen atoms in total. The maximum Gasteiger partial charge on any atom is 0.263 e. The van der Waals surface area contributed by atoms with Gasteiger partial charge in [-0.05, 0) is 51.2 Å². The van der Waals surface area contributed by atoms with E-state index in [2.05, 4.69) is 15.2 Å². The SMILES string of the molecule is Cc1ccc2c(N)c(C(=O)NC3CCc4nc(N5CC(N)C6(CCCOC6)C5)cc(F)c4C3)sc2n1. The summed E-state index contributed by atoms with van der Waals surface area (Å²) in [5.74, 6) is 0.134. The minimum absolute atomic E-state index is 0.0151. The highest BCUT2D eigenvalue weighted by Crippen LogP contribution is 2.39. The second kappa shape index (κ2) is 8.93. The Morgan fingerprint density at radius 1 is 1.36 bits per heavy atom. The first-order valence-electron chi connectivity index (χ1n) is 12.6. The number of rotatable bonds is 3. The highest BCUT2D eigenvalue weighted by Gasteiger charge is 2.46. The molecule has 2 saturated heterocycles. The van der Waals surface area contributed by atoms with Gasteiger partial charge in [-0.25, -0.2) is 14.4 Å². The average Bonchev–Trinajstić information content (AvgIpc) is 3.36. The molecule has 1 amide bonds. The number of aromatic nitrogens is 2. The summed E-state index contributed by atoms with van der Waals surface area (Å²) in [7, 11) is 0. The highest BCUT2D eigenvalue weighted by molar-refractivity contribution is 7.21. The Labute approximate surface area is 213 Å². The lowest BCUT2D eigenvalue weighted by molar-refractivity contribution is -0.00345. The molecule has 6 rings (SSSR count). The van der Waals surface area contributed by atoms with E-state index in [1.807, 2.05) is 19.1 Å². The summed E-state index contributed by atoms with van der Waals surface area (Å²) in [5.41, 5.74) is 15.3. The number of pyridine rings is 2. The topological polar surface area (TPSA) is 119 Å². The summed E-state index contributed by atoms with van der Waals surface area (Å²) in [4.78, 5) is 25.7. The van der Waals surface area contributed by atoms with E-state index in [4.69, 9.17) is 21.2 Å². The van der Waals surface area contributed by atoms with Crippen molar-refractivity contribution >= 4 is 39.0 Å². The second-order valence-corrected chi connectivity index (χ2v) is 11.5. The van der Waals surface area contributed by atoms with E-state index in [-0.39, 0.29) is 29.2 Å². The number of aryl methyl sites for hydroxylation is 2. The van der Waals surface area contributed by atoms with Gasteiger partial charge in [0.1, 0.15) is 21.3 Å². The van der Waals surface area contributed by atoms with Crippen molar-refractivity contribution in [1.29, 1.82) is 0 Å². The Hall–Kier alpha value is -2.82. The Morgan fingerprint density at radius 3 is 3.03 bits per heavy atom. The van der Waals surface area contributed by atoms with Crippen molar-refractivity contribution in [2.75, 3.05) is 36.9 Å². The molecular weight excluding hydrogens is 479 g/mol. The smallest absolute Gasteiger partial charge is 0.263 e. The number of anilines is 2. The summed E-state index contributed by atoms with van der Waals surface area (Å²) >= 11 is 1.29. The van der Waals surface area contributed by atoms with Crippen LogP contribution in [0, 0.1) is 18.2 Å². The Kier molecular flexibility index (Phi) is 5.85. The van der Waals surface area contributed by atoms with Gasteiger partial charge < -0.3 is 26.4 Å². The van der Waals surface area contributed by atoms with Crippen molar-refractivity contribution in [2.24, 2.45) is 11.1 Å². The van der Waals surface area contributed by atoms with Gasteiger partial charge in [-0.1, -0.05) is 0 Å². The molecular formula is C26H31FN6O2S. The molecule has 0 saturated carbocycles. The number of hydrogen-bond donors (Lipinski definition) is 3. The van der Waals surface area contributed by atoms with E-state index in [1.54, 1.807) is 0 Å². The minimum atomic E-state index is -0.274. The number of fused-ring (bicyclic) bond motifs is 2. The van der Waals surface area contributed by atoms with Crippen LogP contribution in [0.2, 0.25) is 0 Å². The first-order chi connectivity index (χ1) is 17.3. The van der Waals surface area contributed by atoms with Crippen molar-refractivity contribution < 1.29 is 13.9 Å². The third kappa shape index (κ3) is 4.01. The predicted octanol–water partition coefficient (Wildman–Crippen LogP) is 2.95. The quantitative estimate of drug-likeness (QED) is 0.496. The van der Waals surface area contributed by atoms with Gasteiger partial charge in [0.25, 0.3) is 5.91 Å². The minimum Gasteiger partial charge on any atom is -0.397 e. The molecule has 10 heteroatoms. The van der Waals surface area contributed by atoms with Crippen LogP contribution in [0.1, 0.15) is 45.9 Å². The van der Waals surface area contributed by atoms with Crippen LogP contribution >= 0.6 is 11.3 Å². The summed E-state index contributed by atoms with van der Waals surface area (Å²) in [6.07, 6.45) is 3.72. The number of nitrogens with one attached hydrogen (secondary N) is 1. The molecule has 0 radical (unpaired) electrons. The fourth-order valence-electron chi connectivity index (χ4n) is 5.91. The normalized spacial score (nSPS) is 25.9. The molecule has 3 aromatic rings. The number of amides is 1. The number of thiophene rings is 1. The largest absolute Gasteiger partial charge is 0.397 e. The molecule has 0 aromatic carbocycles. The van der Waals surface area contributed by atoms with Crippen LogP contribution in [0.25, 0.3) is 10.2 Å². The van der Waals surface area contributed by atoms with Gasteiger partial charge in [-0.15, -0.1) is 11.3 Å². The molecule has 2 aliphatic heterocycles. The molecule has 3 aliphatic rings. The molecule has 1 spiro atoms. The van der Waals surface area contributed by atoms with Crippen molar-refractivity contribution in [3.05, 3.63) is 45.8 Å². The van der Waals surface area contributed by atoms with Crippen LogP contribution in [0.4, 0.5) is 15.9 Å². The highest BCUT2D eigenvalue weighted by atomic mass is 32.1. The van der Waals surface area contributed by atoms with E-state index in [0.717, 1.165) is 47.6 Å². The first kappa shape index (κ1) is 23.6. The van der Waals surface area contributed by atoms with Gasteiger partial charge in [0.15, 0.2) is 0 Å². The lowest BCUT2D eigenvalue weighted by Crippen LogP contribution is -2.46. The van der Waals surface area contributed by atoms with Crippen LogP contribution < -0.4 is 21.7 Å². The van der Waals surface area contributed by atoms with Crippen LogP contribution in [-0.2, 0) is 17.6 Å². The van der Waals surface area contributed by atoms with E-state index in [9.17, 15) is 4.79 Å². The number of halogens is 1. The Morgan fingerprint density at radius 2 is 2.22 bits per heavy atom. The van der Waals surface area contributed by atoms with Gasteiger partial charge in [-0.3, -0.25) is 4.79 Å². The predicted molar refractivity (Wildman–Crippen MR) is 139 cm³/mol. The summed E-state index contributed by atoms with van der Waals surface area (Å²) in [5, 5.41) is 3.85. The van der Waals surface area contributed by atoms with E-state index < -0.39 is 0 Å². The molecule has 2 fully saturated rings. The van der Waals surface area contributed by atoms with Crippen molar-refractivity contribution in [1.82, 2.24) is 15.3 Å². The van der Waals surface area contributed by atoms with E-state index >= 15 is 4.39 Å². The zero-order valence-corrected chi connectivity index (χ0v) is 21.2. The maximum absolute atomic E-state index is 15.3. The second-order valence-electron chi connectivity index (χ2n) is 10.5. The molecule has 5 heterocycles. The van der Waals surface area contributed by atoms with Crippen molar-refractivity contribution in [3.63, 3.8) is 0 Å². The number of nitrogens with zero attached hydrogens (tertiary/aromatic N) is 3. The van der Waals surface area contributed by atoms with Crippen LogP contribution in [0.3, 0.4) is 0 Å². The summed E-state index contributed by atoms with van der Waals surface area (Å²) in [6, 6.07) is 5.10. The average molecular weight is 511 g/mol. The molecule has 0 bridgehead atoms. The lowest BCUT2D eigenvalue weighted by atomic mass is 9.79. The van der Waals surface area contributed by atoms with Crippen LogP contribution in [0.5, 0.6) is 0 Å². The maximum atomic E-state index is 15.3. The molecule has 190 valence electrons. The number of hydrogen-bond acceptors (Lipinski definition) is 8.